The average Bonchev–Trinajstić information content (AvgIpc) is 2.70. The highest BCUT2D eigenvalue weighted by Crippen LogP contribution is 2.29. The summed E-state index contributed by atoms with van der Waals surface area (Å²) in [5, 5.41) is 1.17. The number of aromatic nitrogens is 1. The lowest BCUT2D eigenvalue weighted by atomic mass is 10.1. The Bertz CT molecular complexity index is 575. The highest BCUT2D eigenvalue weighted by molar-refractivity contribution is 6.08. The molecule has 0 fully saturated rings. The lowest BCUT2D eigenvalue weighted by Crippen LogP contribution is -2.03. The zero-order chi connectivity index (χ0) is 9.71. The van der Waals surface area contributed by atoms with Crippen LogP contribution in [0.25, 0.3) is 17.0 Å². The molecule has 14 heavy (non-hydrogen) atoms. The number of fused-ring (bicyclic) bond motifs is 3. The third kappa shape index (κ3) is 0.732. The summed E-state index contributed by atoms with van der Waals surface area (Å²) < 4.78 is 1.77. The zero-order valence-electron chi connectivity index (χ0n) is 7.82. The van der Waals surface area contributed by atoms with Gasteiger partial charge in [-0.3, -0.25) is 9.36 Å². The summed E-state index contributed by atoms with van der Waals surface area (Å²) in [6.45, 7) is 2.05. The van der Waals surface area contributed by atoms with Crippen molar-refractivity contribution in [3.05, 3.63) is 41.6 Å². The van der Waals surface area contributed by atoms with Gasteiger partial charge in [0, 0.05) is 11.5 Å². The van der Waals surface area contributed by atoms with Crippen molar-refractivity contribution in [2.75, 3.05) is 0 Å². The van der Waals surface area contributed by atoms with E-state index in [0.29, 0.717) is 0 Å². The first-order valence-electron chi connectivity index (χ1n) is 4.61. The molecule has 1 aromatic carbocycles. The molecule has 2 heterocycles. The second-order valence-electron chi connectivity index (χ2n) is 3.53. The number of hydrogen-bond acceptors (Lipinski definition) is 1. The SMILES string of the molecule is Cc1c2n(c3ccccc13)C(=O)C=C2. The van der Waals surface area contributed by atoms with Gasteiger partial charge in [-0.1, -0.05) is 18.2 Å². The molecule has 1 aliphatic heterocycles. The molecule has 0 atom stereocenters. The Balaban J connectivity index is 2.57. The number of rotatable bonds is 0. The lowest BCUT2D eigenvalue weighted by molar-refractivity contribution is 0.0979. The molecule has 2 nitrogen and oxygen atoms in total. The van der Waals surface area contributed by atoms with Crippen molar-refractivity contribution in [1.82, 2.24) is 4.57 Å². The maximum absolute atomic E-state index is 11.6. The van der Waals surface area contributed by atoms with Crippen molar-refractivity contribution < 1.29 is 4.79 Å². The Kier molecular flexibility index (Phi) is 1.27. The van der Waals surface area contributed by atoms with Crippen molar-refractivity contribution in [3.63, 3.8) is 0 Å². The minimum Gasteiger partial charge on any atom is -0.277 e. The van der Waals surface area contributed by atoms with E-state index < -0.39 is 0 Å². The fourth-order valence-corrected chi connectivity index (χ4v) is 2.08. The minimum absolute atomic E-state index is 0.0595. The Morgan fingerprint density at radius 1 is 1.14 bits per heavy atom. The molecule has 0 saturated heterocycles. The number of nitrogens with zero attached hydrogens (tertiary/aromatic N) is 1. The van der Waals surface area contributed by atoms with Crippen LogP contribution in [0.3, 0.4) is 0 Å². The largest absolute Gasteiger partial charge is 0.277 e. The van der Waals surface area contributed by atoms with Gasteiger partial charge in [-0.2, -0.15) is 0 Å². The van der Waals surface area contributed by atoms with Crippen molar-refractivity contribution >= 4 is 22.9 Å². The molecular weight excluding hydrogens is 174 g/mol. The number of carbonyl (C=O) groups excluding carboxylic acids is 1. The summed E-state index contributed by atoms with van der Waals surface area (Å²) >= 11 is 0. The van der Waals surface area contributed by atoms with Gasteiger partial charge < -0.3 is 0 Å². The van der Waals surface area contributed by atoms with E-state index in [4.69, 9.17) is 0 Å². The van der Waals surface area contributed by atoms with Crippen molar-refractivity contribution in [2.24, 2.45) is 0 Å². The molecule has 2 aromatic rings. The molecule has 3 rings (SSSR count). The first-order valence-corrected chi connectivity index (χ1v) is 4.61. The summed E-state index contributed by atoms with van der Waals surface area (Å²) in [6.07, 6.45) is 3.51. The number of hydrogen-bond donors (Lipinski definition) is 0. The smallest absolute Gasteiger partial charge is 0.255 e. The molecule has 1 aliphatic rings. The van der Waals surface area contributed by atoms with E-state index in [1.807, 2.05) is 24.3 Å². The number of aryl methyl sites for hydroxylation is 1. The van der Waals surface area contributed by atoms with Crippen molar-refractivity contribution in [3.8, 4) is 0 Å². The van der Waals surface area contributed by atoms with Gasteiger partial charge in [0.2, 0.25) is 0 Å². The topological polar surface area (TPSA) is 22.0 Å². The fourth-order valence-electron chi connectivity index (χ4n) is 2.08. The maximum Gasteiger partial charge on any atom is 0.255 e. The third-order valence-electron chi connectivity index (χ3n) is 2.78. The van der Waals surface area contributed by atoms with Crippen LogP contribution in [0.4, 0.5) is 0 Å². The second-order valence-corrected chi connectivity index (χ2v) is 3.53. The van der Waals surface area contributed by atoms with Crippen LogP contribution in [-0.2, 0) is 0 Å². The Morgan fingerprint density at radius 3 is 2.79 bits per heavy atom. The van der Waals surface area contributed by atoms with Gasteiger partial charge in [0.05, 0.1) is 11.2 Å². The normalized spacial score (nSPS) is 13.9. The fraction of sp³-hybridized carbons (Fsp3) is 0.0833. The second kappa shape index (κ2) is 2.35. The van der Waals surface area contributed by atoms with Crippen LogP contribution in [0.2, 0.25) is 0 Å². The molecule has 2 heteroatoms. The van der Waals surface area contributed by atoms with Crippen LogP contribution in [0, 0.1) is 6.92 Å². The van der Waals surface area contributed by atoms with E-state index in [9.17, 15) is 4.79 Å². The molecule has 0 spiro atoms. The van der Waals surface area contributed by atoms with Gasteiger partial charge in [-0.15, -0.1) is 0 Å². The molecule has 68 valence electrons. The first-order chi connectivity index (χ1) is 6.79. The van der Waals surface area contributed by atoms with Crippen molar-refractivity contribution in [1.29, 1.82) is 0 Å². The third-order valence-corrected chi connectivity index (χ3v) is 2.78. The molecule has 0 aliphatic carbocycles. The van der Waals surface area contributed by atoms with Crippen LogP contribution in [-0.4, -0.2) is 10.5 Å². The van der Waals surface area contributed by atoms with Crippen LogP contribution in [0.5, 0.6) is 0 Å². The number of allylic oxidation sites excluding steroid dienone is 1. The highest BCUT2D eigenvalue weighted by Gasteiger charge is 2.19. The van der Waals surface area contributed by atoms with E-state index in [1.165, 1.54) is 10.9 Å². The standard InChI is InChI=1S/C12H9NO/c1-8-9-4-2-3-5-11(9)13-10(8)6-7-12(13)14/h2-7H,1H3. The Hall–Kier alpha value is -1.83. The van der Waals surface area contributed by atoms with Gasteiger partial charge in [-0.25, -0.2) is 0 Å². The van der Waals surface area contributed by atoms with Crippen LogP contribution in [0.15, 0.2) is 30.3 Å². The van der Waals surface area contributed by atoms with E-state index in [2.05, 4.69) is 13.0 Å². The molecule has 0 amide bonds. The monoisotopic (exact) mass is 183 g/mol. The van der Waals surface area contributed by atoms with Gasteiger partial charge in [0.15, 0.2) is 0 Å². The van der Waals surface area contributed by atoms with Crippen LogP contribution >= 0.6 is 0 Å². The van der Waals surface area contributed by atoms with E-state index in [-0.39, 0.29) is 5.91 Å². The quantitative estimate of drug-likeness (QED) is 0.615. The molecule has 0 unspecified atom stereocenters. The number of benzene rings is 1. The van der Waals surface area contributed by atoms with Crippen LogP contribution in [0.1, 0.15) is 16.1 Å². The minimum atomic E-state index is 0.0595. The summed E-state index contributed by atoms with van der Waals surface area (Å²) in [5.41, 5.74) is 3.22. The molecule has 1 aromatic heterocycles. The van der Waals surface area contributed by atoms with E-state index >= 15 is 0 Å². The van der Waals surface area contributed by atoms with E-state index in [1.54, 1.807) is 10.6 Å². The van der Waals surface area contributed by atoms with Crippen molar-refractivity contribution in [2.45, 2.75) is 6.92 Å². The highest BCUT2D eigenvalue weighted by atomic mass is 16.2. The zero-order valence-corrected chi connectivity index (χ0v) is 7.82. The summed E-state index contributed by atoms with van der Waals surface area (Å²) in [5.74, 6) is 0.0595. The predicted molar refractivity (Wildman–Crippen MR) is 56.3 cm³/mol. The number of para-hydroxylation sites is 1. The summed E-state index contributed by atoms with van der Waals surface area (Å²) in [6, 6.07) is 7.99. The predicted octanol–water partition coefficient (Wildman–Crippen LogP) is 2.62. The lowest BCUT2D eigenvalue weighted by Gasteiger charge is -1.96. The summed E-state index contributed by atoms with van der Waals surface area (Å²) in [4.78, 5) is 11.6. The van der Waals surface area contributed by atoms with Gasteiger partial charge >= 0.3 is 0 Å². The first kappa shape index (κ1) is 7.56. The van der Waals surface area contributed by atoms with Crippen LogP contribution < -0.4 is 0 Å². The molecule has 0 radical (unpaired) electrons. The maximum atomic E-state index is 11.6. The molecule has 0 saturated carbocycles. The molecule has 0 N–H and O–H groups in total. The Labute approximate surface area is 81.5 Å². The molecular formula is C12H9NO. The van der Waals surface area contributed by atoms with Gasteiger partial charge in [-0.05, 0) is 24.6 Å². The molecule has 0 bridgehead atoms. The van der Waals surface area contributed by atoms with Gasteiger partial charge in [0.1, 0.15) is 0 Å². The Morgan fingerprint density at radius 2 is 1.93 bits per heavy atom. The van der Waals surface area contributed by atoms with Gasteiger partial charge in [0.25, 0.3) is 5.91 Å². The number of carbonyl (C=O) groups is 1. The average molecular weight is 183 g/mol. The summed E-state index contributed by atoms with van der Waals surface area (Å²) in [7, 11) is 0. The van der Waals surface area contributed by atoms with E-state index in [0.717, 1.165) is 11.2 Å².